The zero-order valence-electron chi connectivity index (χ0n) is 16.3. The predicted octanol–water partition coefficient (Wildman–Crippen LogP) is 4.80. The molecule has 5 nitrogen and oxygen atoms in total. The number of benzene rings is 3. The van der Waals surface area contributed by atoms with Crippen LogP contribution in [0.3, 0.4) is 0 Å². The molecular weight excluding hydrogens is 391 g/mol. The lowest BCUT2D eigenvalue weighted by atomic mass is 10.1. The second-order valence-electron chi connectivity index (χ2n) is 6.87. The normalized spacial score (nSPS) is 11.2. The number of hydrogen-bond donors (Lipinski definition) is 2. The molecule has 3 aromatic carbocycles. The molecule has 0 spiro atoms. The average Bonchev–Trinajstić information content (AvgIpc) is 2.66. The van der Waals surface area contributed by atoms with E-state index in [-0.39, 0.29) is 4.90 Å². The van der Waals surface area contributed by atoms with Gasteiger partial charge in [-0.05, 0) is 79.9 Å². The molecule has 29 heavy (non-hydrogen) atoms. The van der Waals surface area contributed by atoms with Crippen molar-refractivity contribution in [2.45, 2.75) is 25.7 Å². The van der Waals surface area contributed by atoms with Crippen LogP contribution in [0.2, 0.25) is 0 Å². The van der Waals surface area contributed by atoms with Crippen molar-refractivity contribution in [2.75, 3.05) is 10.0 Å². The predicted molar refractivity (Wildman–Crippen MR) is 112 cm³/mol. The second kappa shape index (κ2) is 8.05. The Morgan fingerprint density at radius 3 is 2.21 bits per heavy atom. The first-order chi connectivity index (χ1) is 13.7. The minimum absolute atomic E-state index is 0.209. The Bertz CT molecular complexity index is 1170. The van der Waals surface area contributed by atoms with E-state index < -0.39 is 21.7 Å². The van der Waals surface area contributed by atoms with Crippen molar-refractivity contribution in [3.63, 3.8) is 0 Å². The number of nitrogens with one attached hydrogen (secondary N) is 2. The van der Waals surface area contributed by atoms with Crippen LogP contribution in [-0.4, -0.2) is 14.3 Å². The van der Waals surface area contributed by atoms with E-state index in [4.69, 9.17) is 0 Å². The molecule has 0 unspecified atom stereocenters. The molecule has 0 fully saturated rings. The van der Waals surface area contributed by atoms with Gasteiger partial charge < -0.3 is 5.32 Å². The Labute approximate surface area is 169 Å². The molecule has 0 bridgehead atoms. The average molecular weight is 412 g/mol. The molecular formula is C22H21FN2O3S. The van der Waals surface area contributed by atoms with Crippen LogP contribution in [-0.2, 0) is 10.0 Å². The van der Waals surface area contributed by atoms with Crippen LogP contribution < -0.4 is 10.0 Å². The first kappa shape index (κ1) is 20.5. The molecule has 150 valence electrons. The van der Waals surface area contributed by atoms with Crippen molar-refractivity contribution in [3.8, 4) is 0 Å². The molecule has 3 aromatic rings. The zero-order valence-corrected chi connectivity index (χ0v) is 17.1. The van der Waals surface area contributed by atoms with Gasteiger partial charge in [-0.25, -0.2) is 12.8 Å². The van der Waals surface area contributed by atoms with Gasteiger partial charge in [-0.1, -0.05) is 18.2 Å². The SMILES string of the molecule is Cc1ccc(C)c(S(=O)(=O)Nc2ccc(C(=O)Nc3cc(F)ccc3C)cc2)c1. The summed E-state index contributed by atoms with van der Waals surface area (Å²) in [5.74, 6) is -0.857. The Hall–Kier alpha value is -3.19. The third-order valence-corrected chi connectivity index (χ3v) is 6.00. The summed E-state index contributed by atoms with van der Waals surface area (Å²) in [6.07, 6.45) is 0. The summed E-state index contributed by atoms with van der Waals surface area (Å²) in [6.45, 7) is 5.32. The van der Waals surface area contributed by atoms with Crippen LogP contribution in [0, 0.1) is 26.6 Å². The minimum atomic E-state index is -3.75. The van der Waals surface area contributed by atoms with Crippen LogP contribution in [0.4, 0.5) is 15.8 Å². The Morgan fingerprint density at radius 2 is 1.52 bits per heavy atom. The van der Waals surface area contributed by atoms with Crippen LogP contribution in [0.5, 0.6) is 0 Å². The van der Waals surface area contributed by atoms with Crippen molar-refractivity contribution in [1.82, 2.24) is 0 Å². The van der Waals surface area contributed by atoms with Crippen LogP contribution >= 0.6 is 0 Å². The molecule has 0 aliphatic heterocycles. The van der Waals surface area contributed by atoms with E-state index in [9.17, 15) is 17.6 Å². The number of carbonyl (C=O) groups is 1. The molecule has 0 heterocycles. The molecule has 2 N–H and O–H groups in total. The maximum Gasteiger partial charge on any atom is 0.262 e. The third kappa shape index (κ3) is 4.81. The quantitative estimate of drug-likeness (QED) is 0.632. The molecule has 0 aliphatic rings. The standard InChI is InChI=1S/C22H21FN2O3S/c1-14-4-5-16(3)21(12-14)29(27,28)25-19-10-7-17(8-11-19)22(26)24-20-13-18(23)9-6-15(20)2/h4-13,25H,1-3H3,(H,24,26). The Kier molecular flexibility index (Phi) is 5.70. The number of carbonyl (C=O) groups excluding carboxylic acids is 1. The fraction of sp³-hybridized carbons (Fsp3) is 0.136. The van der Waals surface area contributed by atoms with Gasteiger partial charge >= 0.3 is 0 Å². The van der Waals surface area contributed by atoms with Crippen LogP contribution in [0.15, 0.2) is 65.6 Å². The number of amides is 1. The summed E-state index contributed by atoms with van der Waals surface area (Å²) in [5.41, 5.74) is 3.26. The molecule has 7 heteroatoms. The molecule has 3 rings (SSSR count). The highest BCUT2D eigenvalue weighted by atomic mass is 32.2. The summed E-state index contributed by atoms with van der Waals surface area (Å²) >= 11 is 0. The summed E-state index contributed by atoms with van der Waals surface area (Å²) in [7, 11) is -3.75. The zero-order chi connectivity index (χ0) is 21.2. The maximum absolute atomic E-state index is 13.4. The lowest BCUT2D eigenvalue weighted by molar-refractivity contribution is 0.102. The molecule has 0 saturated carbocycles. The molecule has 0 saturated heterocycles. The van der Waals surface area contributed by atoms with Gasteiger partial charge in [-0.15, -0.1) is 0 Å². The minimum Gasteiger partial charge on any atom is -0.322 e. The van der Waals surface area contributed by atoms with Crippen molar-refractivity contribution in [1.29, 1.82) is 0 Å². The summed E-state index contributed by atoms with van der Waals surface area (Å²) < 4.78 is 41.3. The topological polar surface area (TPSA) is 75.3 Å². The van der Waals surface area contributed by atoms with Crippen LogP contribution in [0.25, 0.3) is 0 Å². The maximum atomic E-state index is 13.4. The van der Waals surface area contributed by atoms with Gasteiger partial charge in [0.2, 0.25) is 0 Å². The van der Waals surface area contributed by atoms with E-state index in [1.165, 1.54) is 36.4 Å². The van der Waals surface area contributed by atoms with Crippen molar-refractivity contribution < 1.29 is 17.6 Å². The van der Waals surface area contributed by atoms with Crippen LogP contribution in [0.1, 0.15) is 27.0 Å². The Morgan fingerprint density at radius 1 is 0.862 bits per heavy atom. The highest BCUT2D eigenvalue weighted by Crippen LogP contribution is 2.22. The fourth-order valence-electron chi connectivity index (χ4n) is 2.82. The van der Waals surface area contributed by atoms with Gasteiger partial charge in [0.05, 0.1) is 4.90 Å². The number of sulfonamides is 1. The first-order valence-electron chi connectivity index (χ1n) is 8.93. The molecule has 0 radical (unpaired) electrons. The van der Waals surface area contributed by atoms with E-state index in [1.54, 1.807) is 32.0 Å². The molecule has 1 amide bonds. The highest BCUT2D eigenvalue weighted by Gasteiger charge is 2.17. The van der Waals surface area contributed by atoms with Gasteiger partial charge in [0.25, 0.3) is 15.9 Å². The molecule has 0 aliphatic carbocycles. The summed E-state index contributed by atoms with van der Waals surface area (Å²) in [6, 6.07) is 15.4. The van der Waals surface area contributed by atoms with E-state index in [1.807, 2.05) is 13.0 Å². The number of halogens is 1. The fourth-order valence-corrected chi connectivity index (χ4v) is 4.21. The van der Waals surface area contributed by atoms with Gasteiger partial charge in [0.15, 0.2) is 0 Å². The second-order valence-corrected chi connectivity index (χ2v) is 8.52. The molecule has 0 aromatic heterocycles. The molecule has 0 atom stereocenters. The Balaban J connectivity index is 1.77. The monoisotopic (exact) mass is 412 g/mol. The largest absolute Gasteiger partial charge is 0.322 e. The smallest absolute Gasteiger partial charge is 0.262 e. The summed E-state index contributed by atoms with van der Waals surface area (Å²) in [5, 5.41) is 2.66. The number of aryl methyl sites for hydroxylation is 3. The van der Waals surface area contributed by atoms with E-state index in [0.29, 0.717) is 22.5 Å². The summed E-state index contributed by atoms with van der Waals surface area (Å²) in [4.78, 5) is 12.6. The number of anilines is 2. The number of rotatable bonds is 5. The van der Waals surface area contributed by atoms with Gasteiger partial charge in [0, 0.05) is 16.9 Å². The van der Waals surface area contributed by atoms with E-state index in [0.717, 1.165) is 11.1 Å². The first-order valence-corrected chi connectivity index (χ1v) is 10.4. The number of hydrogen-bond acceptors (Lipinski definition) is 3. The van der Waals surface area contributed by atoms with E-state index in [2.05, 4.69) is 10.0 Å². The van der Waals surface area contributed by atoms with Crippen molar-refractivity contribution >= 4 is 27.3 Å². The van der Waals surface area contributed by atoms with Gasteiger partial charge in [-0.2, -0.15) is 0 Å². The lowest BCUT2D eigenvalue weighted by Crippen LogP contribution is -2.15. The van der Waals surface area contributed by atoms with Gasteiger partial charge in [-0.3, -0.25) is 9.52 Å². The highest BCUT2D eigenvalue weighted by molar-refractivity contribution is 7.92. The van der Waals surface area contributed by atoms with E-state index >= 15 is 0 Å². The van der Waals surface area contributed by atoms with Gasteiger partial charge in [0.1, 0.15) is 5.82 Å². The third-order valence-electron chi connectivity index (χ3n) is 4.48. The lowest BCUT2D eigenvalue weighted by Gasteiger charge is -2.12. The van der Waals surface area contributed by atoms with Crippen molar-refractivity contribution in [3.05, 3.63) is 88.7 Å². The van der Waals surface area contributed by atoms with Crippen molar-refractivity contribution in [2.24, 2.45) is 0 Å².